The summed E-state index contributed by atoms with van der Waals surface area (Å²) in [6.07, 6.45) is 4.48. The monoisotopic (exact) mass is 366 g/mol. The lowest BCUT2D eigenvalue weighted by molar-refractivity contribution is 0.734. The Kier molecular flexibility index (Phi) is 4.49. The van der Waals surface area contributed by atoms with Crippen molar-refractivity contribution in [1.29, 1.82) is 0 Å². The van der Waals surface area contributed by atoms with Gasteiger partial charge in [0.15, 0.2) is 0 Å². The summed E-state index contributed by atoms with van der Waals surface area (Å²) >= 11 is 1.37. The van der Waals surface area contributed by atoms with Crippen LogP contribution >= 0.6 is 11.3 Å². The molecule has 4 rings (SSSR count). The normalized spacial score (nSPS) is 11.1. The molecule has 3 aromatic heterocycles. The summed E-state index contributed by atoms with van der Waals surface area (Å²) in [6, 6.07) is 11.8. The molecule has 0 saturated carbocycles. The Bertz CT molecular complexity index is 1080. The molecule has 0 unspecified atom stereocenters. The highest BCUT2D eigenvalue weighted by Crippen LogP contribution is 2.17. The van der Waals surface area contributed by atoms with Gasteiger partial charge in [-0.05, 0) is 12.0 Å². The minimum absolute atomic E-state index is 0.151. The highest BCUT2D eigenvalue weighted by molar-refractivity contribution is 7.20. The topological polar surface area (TPSA) is 77.1 Å². The number of aromatic nitrogens is 5. The van der Waals surface area contributed by atoms with Gasteiger partial charge in [-0.2, -0.15) is 4.52 Å². The van der Waals surface area contributed by atoms with E-state index in [1.54, 1.807) is 6.20 Å². The Morgan fingerprint density at radius 3 is 2.88 bits per heavy atom. The molecule has 4 aromatic rings. The first-order chi connectivity index (χ1) is 12.7. The van der Waals surface area contributed by atoms with Gasteiger partial charge in [0.25, 0.3) is 5.56 Å². The van der Waals surface area contributed by atoms with E-state index in [2.05, 4.69) is 37.1 Å². The number of anilines is 1. The molecule has 1 N–H and O–H groups in total. The van der Waals surface area contributed by atoms with E-state index in [0.717, 1.165) is 24.5 Å². The summed E-state index contributed by atoms with van der Waals surface area (Å²) < 4.78 is 3.43. The maximum atomic E-state index is 12.1. The first-order valence-corrected chi connectivity index (χ1v) is 9.22. The first-order valence-electron chi connectivity index (χ1n) is 8.40. The van der Waals surface area contributed by atoms with Gasteiger partial charge < -0.3 is 9.88 Å². The van der Waals surface area contributed by atoms with Crippen LogP contribution in [0.15, 0.2) is 53.6 Å². The van der Waals surface area contributed by atoms with E-state index in [4.69, 9.17) is 0 Å². The molecule has 0 saturated heterocycles. The lowest BCUT2D eigenvalue weighted by Crippen LogP contribution is -2.15. The number of aryl methyl sites for hydroxylation is 1. The zero-order valence-corrected chi connectivity index (χ0v) is 15.1. The molecule has 0 aliphatic heterocycles. The van der Waals surface area contributed by atoms with E-state index < -0.39 is 0 Å². The van der Waals surface area contributed by atoms with Gasteiger partial charge in [0.05, 0.1) is 6.54 Å². The molecule has 0 radical (unpaired) electrons. The van der Waals surface area contributed by atoms with Gasteiger partial charge >= 0.3 is 0 Å². The molecule has 0 amide bonds. The highest BCUT2D eigenvalue weighted by atomic mass is 32.1. The standard InChI is InChI=1S/C18H18N6OS/c1-2-14-10-16(25)24-18(21-14)26-17(22-24)20-11-15-19-8-9-23(15)12-13-6-4-3-5-7-13/h3-10H,2,11-12H2,1H3,(H,20,22). The number of rotatable bonds is 6. The minimum Gasteiger partial charge on any atom is -0.353 e. The number of hydrogen-bond acceptors (Lipinski definition) is 6. The predicted molar refractivity (Wildman–Crippen MR) is 102 cm³/mol. The summed E-state index contributed by atoms with van der Waals surface area (Å²) in [5.74, 6) is 0.905. The predicted octanol–water partition coefficient (Wildman–Crippen LogP) is 2.57. The smallest absolute Gasteiger partial charge is 0.275 e. The number of benzene rings is 1. The molecule has 1 aromatic carbocycles. The Labute approximate surface area is 154 Å². The summed E-state index contributed by atoms with van der Waals surface area (Å²) in [5, 5.41) is 8.21. The average Bonchev–Trinajstić information content (AvgIpc) is 3.27. The highest BCUT2D eigenvalue weighted by Gasteiger charge is 2.10. The van der Waals surface area contributed by atoms with Crippen molar-refractivity contribution < 1.29 is 0 Å². The van der Waals surface area contributed by atoms with E-state index >= 15 is 0 Å². The van der Waals surface area contributed by atoms with E-state index in [0.29, 0.717) is 16.6 Å². The Morgan fingerprint density at radius 2 is 2.08 bits per heavy atom. The van der Waals surface area contributed by atoms with Gasteiger partial charge in [-0.15, -0.1) is 5.10 Å². The molecular formula is C18H18N6OS. The van der Waals surface area contributed by atoms with Crippen LogP contribution in [0.4, 0.5) is 5.13 Å². The second kappa shape index (κ2) is 7.09. The lowest BCUT2D eigenvalue weighted by Gasteiger charge is -2.08. The third-order valence-corrected chi connectivity index (χ3v) is 4.92. The van der Waals surface area contributed by atoms with Gasteiger partial charge in [-0.3, -0.25) is 4.79 Å². The number of imidazole rings is 1. The van der Waals surface area contributed by atoms with E-state index in [-0.39, 0.29) is 5.56 Å². The summed E-state index contributed by atoms with van der Waals surface area (Å²) in [5.41, 5.74) is 1.85. The van der Waals surface area contributed by atoms with Crippen molar-refractivity contribution in [2.45, 2.75) is 26.4 Å². The van der Waals surface area contributed by atoms with Crippen LogP contribution < -0.4 is 10.9 Å². The second-order valence-electron chi connectivity index (χ2n) is 5.85. The fraction of sp³-hybridized carbons (Fsp3) is 0.222. The molecule has 0 bridgehead atoms. The number of hydrogen-bond donors (Lipinski definition) is 1. The maximum absolute atomic E-state index is 12.1. The Morgan fingerprint density at radius 1 is 1.23 bits per heavy atom. The first kappa shape index (κ1) is 16.5. The summed E-state index contributed by atoms with van der Waals surface area (Å²) in [6.45, 7) is 3.26. The van der Waals surface area contributed by atoms with Gasteiger partial charge in [0.2, 0.25) is 10.1 Å². The molecule has 3 heterocycles. The molecule has 8 heteroatoms. The molecule has 0 aliphatic carbocycles. The second-order valence-corrected chi connectivity index (χ2v) is 6.81. The zero-order chi connectivity index (χ0) is 17.9. The fourth-order valence-corrected chi connectivity index (χ4v) is 3.51. The van der Waals surface area contributed by atoms with Gasteiger partial charge in [0.1, 0.15) is 5.82 Å². The van der Waals surface area contributed by atoms with Crippen LogP contribution in [0.1, 0.15) is 24.0 Å². The molecule has 0 spiro atoms. The van der Waals surface area contributed by atoms with Crippen LogP contribution in [-0.2, 0) is 19.5 Å². The summed E-state index contributed by atoms with van der Waals surface area (Å²) in [7, 11) is 0. The van der Waals surface area contributed by atoms with Crippen LogP contribution in [-0.4, -0.2) is 24.1 Å². The molecule has 132 valence electrons. The zero-order valence-electron chi connectivity index (χ0n) is 14.3. The van der Waals surface area contributed by atoms with Crippen molar-refractivity contribution in [2.75, 3.05) is 5.32 Å². The van der Waals surface area contributed by atoms with Crippen molar-refractivity contribution in [1.82, 2.24) is 24.1 Å². The van der Waals surface area contributed by atoms with Crippen LogP contribution in [0.3, 0.4) is 0 Å². The van der Waals surface area contributed by atoms with Crippen molar-refractivity contribution in [3.8, 4) is 0 Å². The van der Waals surface area contributed by atoms with Crippen LogP contribution in [0.2, 0.25) is 0 Å². The third kappa shape index (κ3) is 3.36. The van der Waals surface area contributed by atoms with Crippen LogP contribution in [0.25, 0.3) is 4.96 Å². The fourth-order valence-electron chi connectivity index (χ4n) is 2.69. The molecule has 0 fully saturated rings. The van der Waals surface area contributed by atoms with Crippen LogP contribution in [0.5, 0.6) is 0 Å². The molecule has 26 heavy (non-hydrogen) atoms. The van der Waals surface area contributed by atoms with Crippen molar-refractivity contribution in [3.63, 3.8) is 0 Å². The van der Waals surface area contributed by atoms with E-state index in [1.165, 1.54) is 27.5 Å². The van der Waals surface area contributed by atoms with Gasteiger partial charge in [0, 0.05) is 30.7 Å². The van der Waals surface area contributed by atoms with Gasteiger partial charge in [-0.1, -0.05) is 48.6 Å². The summed E-state index contributed by atoms with van der Waals surface area (Å²) in [4.78, 5) is 21.6. The minimum atomic E-state index is -0.151. The van der Waals surface area contributed by atoms with Crippen molar-refractivity contribution >= 4 is 21.4 Å². The molecule has 7 nitrogen and oxygen atoms in total. The van der Waals surface area contributed by atoms with Gasteiger partial charge in [-0.25, -0.2) is 9.97 Å². The van der Waals surface area contributed by atoms with E-state index in [9.17, 15) is 4.79 Å². The molecule has 0 aliphatic rings. The Hall–Kier alpha value is -3.00. The van der Waals surface area contributed by atoms with Crippen molar-refractivity contribution in [3.05, 3.63) is 76.2 Å². The van der Waals surface area contributed by atoms with E-state index in [1.807, 2.05) is 31.3 Å². The molecular weight excluding hydrogens is 348 g/mol. The number of nitrogens with zero attached hydrogens (tertiary/aromatic N) is 5. The number of nitrogens with one attached hydrogen (secondary N) is 1. The van der Waals surface area contributed by atoms with Crippen LogP contribution in [0, 0.1) is 0 Å². The SMILES string of the molecule is CCc1cc(=O)n2nc(NCc3nccn3Cc3ccccc3)sc2n1. The maximum Gasteiger partial charge on any atom is 0.275 e. The lowest BCUT2D eigenvalue weighted by atomic mass is 10.2. The average molecular weight is 366 g/mol. The largest absolute Gasteiger partial charge is 0.353 e. The molecule has 0 atom stereocenters. The third-order valence-electron chi connectivity index (χ3n) is 4.06. The quantitative estimate of drug-likeness (QED) is 0.567. The van der Waals surface area contributed by atoms with Crippen molar-refractivity contribution in [2.24, 2.45) is 0 Å². The Balaban J connectivity index is 1.51. The number of fused-ring (bicyclic) bond motifs is 1.